The van der Waals surface area contributed by atoms with E-state index in [1.165, 1.54) is 0 Å². The molecule has 3 rings (SSSR count). The molecule has 104 valence electrons. The summed E-state index contributed by atoms with van der Waals surface area (Å²) in [6, 6.07) is 14.6. The number of carbonyl (C=O) groups excluding carboxylic acids is 1. The number of aromatic nitrogens is 2. The molecule has 0 saturated carbocycles. The third-order valence-electron chi connectivity index (χ3n) is 3.14. The van der Waals surface area contributed by atoms with E-state index in [0.717, 1.165) is 11.1 Å². The first-order valence-electron chi connectivity index (χ1n) is 6.57. The first-order valence-corrected chi connectivity index (χ1v) is 6.57. The summed E-state index contributed by atoms with van der Waals surface area (Å²) in [5, 5.41) is 3.63. The molecule has 3 aromatic rings. The molecule has 0 spiro atoms. The third kappa shape index (κ3) is 2.81. The van der Waals surface area contributed by atoms with E-state index in [2.05, 4.69) is 15.3 Å². The molecule has 0 bridgehead atoms. The number of para-hydroxylation sites is 1. The number of amides is 1. The van der Waals surface area contributed by atoms with Crippen molar-refractivity contribution in [3.05, 3.63) is 66.1 Å². The fourth-order valence-electron chi connectivity index (χ4n) is 2.08. The topological polar surface area (TPSA) is 80.9 Å². The number of hydrogen-bond acceptors (Lipinski definition) is 4. The zero-order valence-corrected chi connectivity index (χ0v) is 11.3. The summed E-state index contributed by atoms with van der Waals surface area (Å²) in [4.78, 5) is 20.6. The summed E-state index contributed by atoms with van der Waals surface area (Å²) in [7, 11) is 0. The maximum atomic E-state index is 12.2. The van der Waals surface area contributed by atoms with Gasteiger partial charge in [-0.25, -0.2) is 4.98 Å². The van der Waals surface area contributed by atoms with Crippen molar-refractivity contribution in [1.29, 1.82) is 0 Å². The highest BCUT2D eigenvalue weighted by molar-refractivity contribution is 5.99. The second-order valence-electron chi connectivity index (χ2n) is 4.62. The lowest BCUT2D eigenvalue weighted by Crippen LogP contribution is -2.24. The van der Waals surface area contributed by atoms with Gasteiger partial charge in [-0.1, -0.05) is 24.3 Å². The Bertz CT molecular complexity index is 787. The Kier molecular flexibility index (Phi) is 3.47. The molecule has 1 amide bonds. The number of benzene rings is 1. The molecule has 3 N–H and O–H groups in total. The molecule has 1 aromatic carbocycles. The van der Waals surface area contributed by atoms with Crippen LogP contribution in [0.2, 0.25) is 0 Å². The second kappa shape index (κ2) is 5.58. The first-order chi connectivity index (χ1) is 10.2. The van der Waals surface area contributed by atoms with Crippen LogP contribution in [0.5, 0.6) is 0 Å². The van der Waals surface area contributed by atoms with Gasteiger partial charge in [0.25, 0.3) is 5.91 Å². The van der Waals surface area contributed by atoms with E-state index in [1.54, 1.807) is 12.3 Å². The summed E-state index contributed by atoms with van der Waals surface area (Å²) in [6.07, 6.45) is 1.69. The molecule has 0 radical (unpaired) electrons. The smallest absolute Gasteiger partial charge is 0.270 e. The average Bonchev–Trinajstić information content (AvgIpc) is 2.53. The summed E-state index contributed by atoms with van der Waals surface area (Å²) in [5.41, 5.74) is 8.32. The number of nitrogens with zero attached hydrogens (tertiary/aromatic N) is 2. The van der Waals surface area contributed by atoms with Gasteiger partial charge in [0.05, 0.1) is 17.8 Å². The molecule has 2 aromatic heterocycles. The van der Waals surface area contributed by atoms with Crippen LogP contribution in [-0.2, 0) is 6.54 Å². The van der Waals surface area contributed by atoms with Gasteiger partial charge in [0, 0.05) is 17.3 Å². The highest BCUT2D eigenvalue weighted by atomic mass is 16.1. The number of nitrogens with two attached hydrogens (primary N) is 1. The minimum absolute atomic E-state index is 0.266. The number of pyridine rings is 2. The molecule has 21 heavy (non-hydrogen) atoms. The molecule has 0 unspecified atom stereocenters. The number of rotatable bonds is 3. The molecule has 5 nitrogen and oxygen atoms in total. The van der Waals surface area contributed by atoms with Gasteiger partial charge in [0.2, 0.25) is 0 Å². The molecular weight excluding hydrogens is 264 g/mol. The van der Waals surface area contributed by atoms with Gasteiger partial charge in [-0.2, -0.15) is 0 Å². The fourth-order valence-corrected chi connectivity index (χ4v) is 2.08. The predicted octanol–water partition coefficient (Wildman–Crippen LogP) is 2.14. The molecular formula is C16H14N4O. The predicted molar refractivity (Wildman–Crippen MR) is 81.6 cm³/mol. The Morgan fingerprint density at radius 1 is 1.14 bits per heavy atom. The van der Waals surface area contributed by atoms with Crippen LogP contribution in [0.1, 0.15) is 16.2 Å². The molecule has 0 saturated heterocycles. The maximum absolute atomic E-state index is 12.2. The van der Waals surface area contributed by atoms with Crippen LogP contribution in [0.4, 0.5) is 5.69 Å². The molecule has 2 heterocycles. The van der Waals surface area contributed by atoms with Crippen molar-refractivity contribution in [2.24, 2.45) is 0 Å². The summed E-state index contributed by atoms with van der Waals surface area (Å²) in [5.74, 6) is -0.266. The highest BCUT2D eigenvalue weighted by Gasteiger charge is 2.10. The zero-order valence-electron chi connectivity index (χ0n) is 11.3. The van der Waals surface area contributed by atoms with Gasteiger partial charge < -0.3 is 11.1 Å². The Balaban J connectivity index is 1.81. The lowest BCUT2D eigenvalue weighted by Gasteiger charge is -2.07. The van der Waals surface area contributed by atoms with Gasteiger partial charge in [-0.05, 0) is 24.3 Å². The normalized spacial score (nSPS) is 10.5. The van der Waals surface area contributed by atoms with Crippen molar-refractivity contribution in [3.8, 4) is 0 Å². The van der Waals surface area contributed by atoms with E-state index in [0.29, 0.717) is 23.4 Å². The minimum Gasteiger partial charge on any atom is -0.398 e. The number of fused-ring (bicyclic) bond motifs is 1. The van der Waals surface area contributed by atoms with Gasteiger partial charge in [0.1, 0.15) is 5.69 Å². The van der Waals surface area contributed by atoms with Gasteiger partial charge in [-0.15, -0.1) is 0 Å². The summed E-state index contributed by atoms with van der Waals surface area (Å²) < 4.78 is 0. The van der Waals surface area contributed by atoms with Crippen molar-refractivity contribution in [1.82, 2.24) is 15.3 Å². The number of carbonyl (C=O) groups is 1. The zero-order chi connectivity index (χ0) is 14.7. The summed E-state index contributed by atoms with van der Waals surface area (Å²) in [6.45, 7) is 0.355. The quantitative estimate of drug-likeness (QED) is 0.769. The van der Waals surface area contributed by atoms with Crippen molar-refractivity contribution < 1.29 is 4.79 Å². The number of anilines is 1. The van der Waals surface area contributed by atoms with Crippen LogP contribution >= 0.6 is 0 Å². The summed E-state index contributed by atoms with van der Waals surface area (Å²) >= 11 is 0. The van der Waals surface area contributed by atoms with E-state index in [4.69, 9.17) is 5.73 Å². The Morgan fingerprint density at radius 2 is 1.95 bits per heavy atom. The maximum Gasteiger partial charge on any atom is 0.270 e. The SMILES string of the molecule is Nc1cc(C(=O)NCc2ccccn2)nc2ccccc12. The third-order valence-corrected chi connectivity index (χ3v) is 3.14. The van der Waals surface area contributed by atoms with Crippen LogP contribution in [0, 0.1) is 0 Å². The minimum atomic E-state index is -0.266. The highest BCUT2D eigenvalue weighted by Crippen LogP contribution is 2.19. The Morgan fingerprint density at radius 3 is 2.76 bits per heavy atom. The van der Waals surface area contributed by atoms with Crippen LogP contribution in [0.15, 0.2) is 54.7 Å². The van der Waals surface area contributed by atoms with Crippen LogP contribution in [0.25, 0.3) is 10.9 Å². The lowest BCUT2D eigenvalue weighted by atomic mass is 10.1. The Hall–Kier alpha value is -2.95. The molecule has 0 fully saturated rings. The van der Waals surface area contributed by atoms with Crippen LogP contribution < -0.4 is 11.1 Å². The largest absolute Gasteiger partial charge is 0.398 e. The molecule has 0 atom stereocenters. The van der Waals surface area contributed by atoms with Crippen molar-refractivity contribution in [3.63, 3.8) is 0 Å². The molecule has 5 heteroatoms. The van der Waals surface area contributed by atoms with Crippen LogP contribution in [0.3, 0.4) is 0 Å². The average molecular weight is 278 g/mol. The van der Waals surface area contributed by atoms with Gasteiger partial charge in [0.15, 0.2) is 0 Å². The number of nitrogens with one attached hydrogen (secondary N) is 1. The van der Waals surface area contributed by atoms with Gasteiger partial charge >= 0.3 is 0 Å². The molecule has 0 aliphatic carbocycles. The van der Waals surface area contributed by atoms with E-state index < -0.39 is 0 Å². The monoisotopic (exact) mass is 278 g/mol. The van der Waals surface area contributed by atoms with Crippen LogP contribution in [-0.4, -0.2) is 15.9 Å². The number of hydrogen-bond donors (Lipinski definition) is 2. The van der Waals surface area contributed by atoms with Crippen molar-refractivity contribution in [2.45, 2.75) is 6.54 Å². The number of nitrogen functional groups attached to an aromatic ring is 1. The Labute approximate surface area is 121 Å². The first kappa shape index (κ1) is 13.1. The molecule has 0 aliphatic rings. The fraction of sp³-hybridized carbons (Fsp3) is 0.0625. The standard InChI is InChI=1S/C16H14N4O/c17-13-9-15(20-14-7-2-1-6-12(13)14)16(21)19-10-11-5-3-4-8-18-11/h1-9H,10H2,(H2,17,20)(H,19,21). The van der Waals surface area contributed by atoms with E-state index in [-0.39, 0.29) is 5.91 Å². The van der Waals surface area contributed by atoms with Gasteiger partial charge in [-0.3, -0.25) is 9.78 Å². The van der Waals surface area contributed by atoms with Crippen molar-refractivity contribution in [2.75, 3.05) is 5.73 Å². The lowest BCUT2D eigenvalue weighted by molar-refractivity contribution is 0.0946. The van der Waals surface area contributed by atoms with Crippen molar-refractivity contribution >= 4 is 22.5 Å². The van der Waals surface area contributed by atoms with E-state index >= 15 is 0 Å². The second-order valence-corrected chi connectivity index (χ2v) is 4.62. The molecule has 0 aliphatic heterocycles. The van der Waals surface area contributed by atoms with E-state index in [9.17, 15) is 4.79 Å². The van der Waals surface area contributed by atoms with E-state index in [1.807, 2.05) is 42.5 Å².